The molecule has 8 N–H and O–H groups in total. The van der Waals surface area contributed by atoms with Gasteiger partial charge < -0.3 is 60.8 Å². The monoisotopic (exact) mass is 1440 g/mol. The number of nitrogens with one attached hydrogen (secondary N) is 8. The first-order valence-electron chi connectivity index (χ1n) is 38.6. The largest absolute Gasteiger partial charge is 0.355 e. The second-order valence-corrected chi connectivity index (χ2v) is 29.2. The molecule has 0 atom stereocenters. The zero-order valence-electron chi connectivity index (χ0n) is 66.3. The molecule has 6 aromatic rings. The molecule has 107 heavy (non-hydrogen) atoms. The Morgan fingerprint density at radius 1 is 0.383 bits per heavy atom. The maximum atomic E-state index is 13.9. The molecule has 0 unspecified atom stereocenters. The lowest BCUT2D eigenvalue weighted by Crippen LogP contribution is -2.37. The van der Waals surface area contributed by atoms with E-state index in [-0.39, 0.29) is 17.7 Å². The average molecular weight is 1450 g/mol. The molecule has 0 aliphatic carbocycles. The summed E-state index contributed by atoms with van der Waals surface area (Å²) < 4.78 is 0. The molecule has 0 saturated carbocycles. The van der Waals surface area contributed by atoms with Gasteiger partial charge in [0.2, 0.25) is 17.7 Å². The van der Waals surface area contributed by atoms with E-state index in [1.54, 1.807) is 0 Å². The van der Waals surface area contributed by atoms with E-state index in [0.29, 0.717) is 64.7 Å². The minimum absolute atomic E-state index is 0.00164. The Morgan fingerprint density at radius 2 is 0.785 bits per heavy atom. The van der Waals surface area contributed by atoms with Crippen molar-refractivity contribution in [1.82, 2.24) is 80.7 Å². The van der Waals surface area contributed by atoms with Gasteiger partial charge >= 0.3 is 0 Å². The molecule has 19 nitrogen and oxygen atoms in total. The normalized spacial score (nSPS) is 13.2. The number of carbonyl (C=O) groups excluding carboxylic acids is 3. The number of likely N-dealkylation sites (N-methyl/N-ethyl adjacent to an activating group) is 4. The lowest BCUT2D eigenvalue weighted by atomic mass is 9.98. The number of aromatic nitrogens is 8. The molecule has 3 amide bonds. The summed E-state index contributed by atoms with van der Waals surface area (Å²) in [6, 6.07) is 17.0. The molecule has 4 aliphatic heterocycles. The highest BCUT2D eigenvalue weighted by Gasteiger charge is 2.25. The smallest absolute Gasteiger partial charge is 0.220 e. The van der Waals surface area contributed by atoms with Crippen LogP contribution in [-0.2, 0) is 27.2 Å². The number of hydrogen-bond donors (Lipinski definition) is 8. The maximum Gasteiger partial charge on any atom is 0.220 e. The van der Waals surface area contributed by atoms with Crippen LogP contribution in [0.5, 0.6) is 0 Å². The number of amides is 3. The van der Waals surface area contributed by atoms with Gasteiger partial charge in [-0.15, -0.1) is 0 Å². The van der Waals surface area contributed by atoms with Crippen LogP contribution in [0.3, 0.4) is 0 Å². The number of hydrogen-bond acceptors (Lipinski definition) is 12. The highest BCUT2D eigenvalue weighted by molar-refractivity contribution is 6.01. The number of nitrogens with zero attached hydrogens (tertiary/aromatic N) is 8. The van der Waals surface area contributed by atoms with Crippen LogP contribution in [0.1, 0.15) is 183 Å². The molecule has 10 heterocycles. The van der Waals surface area contributed by atoms with Gasteiger partial charge in [0.25, 0.3) is 0 Å². The summed E-state index contributed by atoms with van der Waals surface area (Å²) >= 11 is 0. The molecule has 0 aromatic carbocycles. The number of allylic oxidation sites excluding steroid dienone is 10. The Bertz CT molecular complexity index is 4880. The minimum atomic E-state index is -0.0124. The van der Waals surface area contributed by atoms with Crippen molar-refractivity contribution in [3.8, 4) is 0 Å². The SMILES string of the molecule is C=CC1=C(C)c2cc3[nH]c(cc4[nH]c(cc5nc(cc1n2)C(C)=C5C=C)c(C)c4CCC(=O)NCCN(CC)CC)c(CCC(=O)NCCN(CC)CCCN(C)CCNC(=O)CCC1=C(C)c2cc4[nH]c(cc5[nH]c(cc6nc(cc1n2)C(CCCNCCN(C)C)=C6C)c(C)c5C=C)c(C)c4C=C)c3C. The molecule has 0 radical (unpaired) electrons. The van der Waals surface area contributed by atoms with E-state index in [4.69, 9.17) is 19.9 Å². The Morgan fingerprint density at radius 3 is 1.30 bits per heavy atom. The summed E-state index contributed by atoms with van der Waals surface area (Å²) in [7, 11) is 6.30. The molecule has 10 rings (SSSR count). The van der Waals surface area contributed by atoms with Crippen LogP contribution in [0, 0.1) is 27.7 Å². The summed E-state index contributed by atoms with van der Waals surface area (Å²) in [5.41, 5.74) is 30.9. The molecule has 0 spiro atoms. The first-order chi connectivity index (χ1) is 51.5. The van der Waals surface area contributed by atoms with Gasteiger partial charge in [0.05, 0.1) is 45.6 Å². The lowest BCUT2D eigenvalue weighted by molar-refractivity contribution is -0.121. The summed E-state index contributed by atoms with van der Waals surface area (Å²) in [5, 5.41) is 13.3. The van der Waals surface area contributed by atoms with Gasteiger partial charge in [-0.2, -0.15) is 0 Å². The summed E-state index contributed by atoms with van der Waals surface area (Å²) in [5.74, 6) is -0.000876. The number of fused-ring (bicyclic) bond motifs is 16. The number of aryl methyl sites for hydroxylation is 6. The number of carbonyl (C=O) groups is 3. The second kappa shape index (κ2) is 36.8. The third-order valence-electron chi connectivity index (χ3n) is 22.1. The fourth-order valence-electron chi connectivity index (χ4n) is 15.1. The molecule has 0 saturated heterocycles. The standard InChI is InChI=1S/C88H116N16O3/c1-19-62-54(8)70-46-72-58(12)66(28-26-35-89-36-42-101(16)17)82(97-72)52-83-68(60(14)76(99-83)50-80-64(21-3)56(10)74(95-80)48-78(62)93-70)29-32-86(105)90-37-43-102(18)40-27-41-104(25-7)45-39-92-88(107)34-30-67-59(13)73-47-71-55(9)63(20-2)79(94-71)49-75-57(11)65(22-4)81(96-75)51-77-61(15)69(85(100-77)53-84(67)98-73)31-33-87(106)91-38-44-103(23-5)24-6/h19-22,46-53,89,93,95,98,100H,1-4,23-45H2,5-18H3,(H,90,105)(H,91,106)(H,92,107). The van der Waals surface area contributed by atoms with Gasteiger partial charge in [-0.1, -0.05) is 71.4 Å². The van der Waals surface area contributed by atoms with Gasteiger partial charge in [0.15, 0.2) is 0 Å². The molecule has 0 fully saturated rings. The van der Waals surface area contributed by atoms with Crippen molar-refractivity contribution in [1.29, 1.82) is 0 Å². The molecular formula is C88H116N16O3. The van der Waals surface area contributed by atoms with Gasteiger partial charge in [-0.05, 0) is 270 Å². The van der Waals surface area contributed by atoms with Gasteiger partial charge in [-0.25, -0.2) is 19.9 Å². The van der Waals surface area contributed by atoms with E-state index >= 15 is 0 Å². The molecule has 4 aliphatic rings. The molecule has 566 valence electrons. The maximum absolute atomic E-state index is 13.9. The third kappa shape index (κ3) is 19.0. The second-order valence-electron chi connectivity index (χ2n) is 29.2. The zero-order valence-corrected chi connectivity index (χ0v) is 66.3. The topological polar surface area (TPSA) is 227 Å². The van der Waals surface area contributed by atoms with Gasteiger partial charge in [0.1, 0.15) is 0 Å². The van der Waals surface area contributed by atoms with Crippen LogP contribution >= 0.6 is 0 Å². The Kier molecular flexibility index (Phi) is 27.5. The van der Waals surface area contributed by atoms with Crippen LogP contribution in [-0.4, -0.2) is 190 Å². The first-order valence-corrected chi connectivity index (χ1v) is 38.6. The van der Waals surface area contributed by atoms with Crippen molar-refractivity contribution in [2.75, 3.05) is 113 Å². The number of H-pyrrole nitrogens is 4. The predicted molar refractivity (Wildman–Crippen MR) is 449 cm³/mol. The predicted octanol–water partition coefficient (Wildman–Crippen LogP) is 15.2. The van der Waals surface area contributed by atoms with Gasteiger partial charge in [0, 0.05) is 138 Å². The van der Waals surface area contributed by atoms with E-state index in [2.05, 4.69) is 227 Å². The van der Waals surface area contributed by atoms with Crippen LogP contribution in [0.15, 0.2) is 87.0 Å². The van der Waals surface area contributed by atoms with Crippen LogP contribution < -0.4 is 21.3 Å². The van der Waals surface area contributed by atoms with E-state index < -0.39 is 0 Å². The summed E-state index contributed by atoms with van der Waals surface area (Å²) in [4.78, 5) is 86.4. The van der Waals surface area contributed by atoms with Crippen molar-refractivity contribution < 1.29 is 14.4 Å². The number of aromatic amines is 4. The van der Waals surface area contributed by atoms with Crippen molar-refractivity contribution >= 4 is 119 Å². The highest BCUT2D eigenvalue weighted by atomic mass is 16.2. The fourth-order valence-corrected chi connectivity index (χ4v) is 15.1. The van der Waals surface area contributed by atoms with E-state index in [0.717, 1.165) is 258 Å². The zero-order chi connectivity index (χ0) is 76.8. The quantitative estimate of drug-likeness (QED) is 0.0172. The van der Waals surface area contributed by atoms with Crippen LogP contribution in [0.2, 0.25) is 0 Å². The molecule has 16 bridgehead atoms. The third-order valence-corrected chi connectivity index (χ3v) is 22.1. The average Bonchev–Trinajstić information content (AvgIpc) is 1.63. The molecule has 19 heteroatoms. The summed E-state index contributed by atoms with van der Waals surface area (Å²) in [6.45, 7) is 51.3. The van der Waals surface area contributed by atoms with Crippen LogP contribution in [0.25, 0.3) is 101 Å². The van der Waals surface area contributed by atoms with Crippen molar-refractivity contribution in [2.24, 2.45) is 0 Å². The Labute approximate surface area is 634 Å². The molecular weight excluding hydrogens is 1330 g/mol. The van der Waals surface area contributed by atoms with E-state index in [9.17, 15) is 14.4 Å². The van der Waals surface area contributed by atoms with E-state index in [1.807, 2.05) is 30.4 Å². The Balaban J connectivity index is 0.774. The van der Waals surface area contributed by atoms with Gasteiger partial charge in [-0.3, -0.25) is 14.4 Å². The molecule has 6 aromatic heterocycles. The number of rotatable bonds is 36. The van der Waals surface area contributed by atoms with E-state index in [1.165, 1.54) is 5.57 Å². The Hall–Kier alpha value is -9.63. The van der Waals surface area contributed by atoms with Crippen molar-refractivity contribution in [2.45, 2.75) is 134 Å². The minimum Gasteiger partial charge on any atom is -0.355 e. The lowest BCUT2D eigenvalue weighted by Gasteiger charge is -2.23. The summed E-state index contributed by atoms with van der Waals surface area (Å²) in [6.07, 6.45) is 12.8. The fraction of sp³-hybridized carbons (Fsp3) is 0.420. The van der Waals surface area contributed by atoms with Crippen LogP contribution in [0.4, 0.5) is 0 Å². The van der Waals surface area contributed by atoms with Crippen molar-refractivity contribution in [3.05, 3.63) is 177 Å². The highest BCUT2D eigenvalue weighted by Crippen LogP contribution is 2.40. The van der Waals surface area contributed by atoms with Crippen molar-refractivity contribution in [3.63, 3.8) is 0 Å². The first kappa shape index (κ1) is 79.9.